The van der Waals surface area contributed by atoms with Crippen molar-refractivity contribution >= 4 is 11.6 Å². The Morgan fingerprint density at radius 3 is 2.44 bits per heavy atom. The third-order valence-corrected chi connectivity index (χ3v) is 3.83. The Labute approximate surface area is 147 Å². The van der Waals surface area contributed by atoms with E-state index in [2.05, 4.69) is 17.4 Å². The molecule has 6 nitrogen and oxygen atoms in total. The molecule has 0 radical (unpaired) electrons. The van der Waals surface area contributed by atoms with E-state index in [0.29, 0.717) is 0 Å². The average molecular weight is 342 g/mol. The van der Waals surface area contributed by atoms with Gasteiger partial charge in [0.1, 0.15) is 0 Å². The molecule has 0 aliphatic carbocycles. The van der Waals surface area contributed by atoms with Gasteiger partial charge in [0.25, 0.3) is 5.91 Å². The number of nitrogens with one attached hydrogen (secondary N) is 1. The molecule has 0 unspecified atom stereocenters. The van der Waals surface area contributed by atoms with E-state index in [0.717, 1.165) is 12.8 Å². The smallest absolute Gasteiger partial charge is 0.310 e. The van der Waals surface area contributed by atoms with Gasteiger partial charge in [-0.3, -0.25) is 14.9 Å². The van der Waals surface area contributed by atoms with Crippen LogP contribution in [-0.4, -0.2) is 23.0 Å². The summed E-state index contributed by atoms with van der Waals surface area (Å²) in [5, 5.41) is 13.9. The van der Waals surface area contributed by atoms with E-state index in [1.54, 1.807) is 19.1 Å². The molecule has 1 N–H and O–H groups in total. The van der Waals surface area contributed by atoms with Gasteiger partial charge in [0, 0.05) is 12.1 Å². The van der Waals surface area contributed by atoms with Crippen LogP contribution in [0.25, 0.3) is 0 Å². The van der Waals surface area contributed by atoms with Crippen LogP contribution in [0.5, 0.6) is 5.75 Å². The number of hydrogen-bond acceptors (Lipinski definition) is 4. The minimum Gasteiger partial charge on any atom is -0.474 e. The number of aryl methyl sites for hydroxylation is 1. The van der Waals surface area contributed by atoms with Crippen LogP contribution in [-0.2, 0) is 11.2 Å². The largest absolute Gasteiger partial charge is 0.474 e. The number of para-hydroxylation sites is 2. The van der Waals surface area contributed by atoms with Gasteiger partial charge in [-0.25, -0.2) is 0 Å². The molecule has 2 aromatic carbocycles. The first-order valence-electron chi connectivity index (χ1n) is 8.21. The second-order valence-corrected chi connectivity index (χ2v) is 5.92. The van der Waals surface area contributed by atoms with Crippen LogP contribution >= 0.6 is 0 Å². The second kappa shape index (κ2) is 8.82. The van der Waals surface area contributed by atoms with E-state index in [1.165, 1.54) is 17.7 Å². The summed E-state index contributed by atoms with van der Waals surface area (Å²) in [6.45, 7) is 3.51. The van der Waals surface area contributed by atoms with Crippen molar-refractivity contribution in [3.63, 3.8) is 0 Å². The molecule has 2 rings (SSSR count). The van der Waals surface area contributed by atoms with E-state index in [1.807, 2.05) is 25.1 Å². The topological polar surface area (TPSA) is 81.5 Å². The minimum atomic E-state index is -0.819. The Balaban J connectivity index is 1.86. The number of nitro groups is 1. The summed E-state index contributed by atoms with van der Waals surface area (Å²) in [5.41, 5.74) is 1.06. The van der Waals surface area contributed by atoms with Gasteiger partial charge < -0.3 is 10.1 Å². The number of carbonyl (C=O) groups is 1. The maximum absolute atomic E-state index is 12.2. The zero-order valence-corrected chi connectivity index (χ0v) is 14.3. The fraction of sp³-hybridized carbons (Fsp3) is 0.316. The van der Waals surface area contributed by atoms with E-state index < -0.39 is 11.0 Å². The first-order valence-corrected chi connectivity index (χ1v) is 8.21. The zero-order valence-electron chi connectivity index (χ0n) is 14.3. The number of nitrogens with zero attached hydrogens (tertiary/aromatic N) is 1. The maximum atomic E-state index is 12.2. The maximum Gasteiger partial charge on any atom is 0.310 e. The molecule has 0 fully saturated rings. The van der Waals surface area contributed by atoms with Crippen molar-refractivity contribution < 1.29 is 14.5 Å². The predicted molar refractivity (Wildman–Crippen MR) is 95.6 cm³/mol. The fourth-order valence-electron chi connectivity index (χ4n) is 2.41. The number of amides is 1. The van der Waals surface area contributed by atoms with Crippen molar-refractivity contribution in [3.8, 4) is 5.75 Å². The third kappa shape index (κ3) is 5.60. The summed E-state index contributed by atoms with van der Waals surface area (Å²) in [7, 11) is 0. The highest BCUT2D eigenvalue weighted by Gasteiger charge is 2.21. The predicted octanol–water partition coefficient (Wildman–Crippen LogP) is 3.50. The lowest BCUT2D eigenvalue weighted by molar-refractivity contribution is -0.386. The van der Waals surface area contributed by atoms with Gasteiger partial charge in [0.05, 0.1) is 4.92 Å². The number of hydrogen-bond donors (Lipinski definition) is 1. The zero-order chi connectivity index (χ0) is 18.2. The number of nitro benzene ring substituents is 1. The van der Waals surface area contributed by atoms with Crippen molar-refractivity contribution in [2.45, 2.75) is 38.8 Å². The Morgan fingerprint density at radius 1 is 1.12 bits per heavy atom. The highest BCUT2D eigenvalue weighted by atomic mass is 16.6. The summed E-state index contributed by atoms with van der Waals surface area (Å²) in [5.74, 6) is -0.203. The Kier molecular flexibility index (Phi) is 6.51. The van der Waals surface area contributed by atoms with Crippen molar-refractivity contribution in [2.24, 2.45) is 0 Å². The summed E-state index contributed by atoms with van der Waals surface area (Å²) in [6.07, 6.45) is 0.843. The van der Waals surface area contributed by atoms with Gasteiger partial charge in [0.15, 0.2) is 11.9 Å². The van der Waals surface area contributed by atoms with E-state index in [-0.39, 0.29) is 23.4 Å². The van der Waals surface area contributed by atoms with Gasteiger partial charge in [-0.2, -0.15) is 0 Å². The average Bonchev–Trinajstić information content (AvgIpc) is 2.61. The molecule has 2 atom stereocenters. The Morgan fingerprint density at radius 2 is 1.76 bits per heavy atom. The van der Waals surface area contributed by atoms with Crippen molar-refractivity contribution in [3.05, 3.63) is 70.3 Å². The molecule has 0 aliphatic rings. The first kappa shape index (κ1) is 18.4. The van der Waals surface area contributed by atoms with Gasteiger partial charge in [-0.15, -0.1) is 0 Å². The molecular weight excluding hydrogens is 320 g/mol. The van der Waals surface area contributed by atoms with Crippen LogP contribution < -0.4 is 10.1 Å². The summed E-state index contributed by atoms with van der Waals surface area (Å²) in [4.78, 5) is 22.7. The monoisotopic (exact) mass is 342 g/mol. The molecule has 0 bridgehead atoms. The Hall–Kier alpha value is -2.89. The molecule has 132 valence electrons. The van der Waals surface area contributed by atoms with Crippen molar-refractivity contribution in [1.29, 1.82) is 0 Å². The van der Waals surface area contributed by atoms with Crippen LogP contribution in [0.15, 0.2) is 54.6 Å². The van der Waals surface area contributed by atoms with Crippen LogP contribution in [0, 0.1) is 10.1 Å². The quantitative estimate of drug-likeness (QED) is 0.588. The van der Waals surface area contributed by atoms with Gasteiger partial charge in [-0.05, 0) is 38.3 Å². The molecule has 2 aromatic rings. The SMILES string of the molecule is C[C@@H](CCc1ccccc1)NC(=O)[C@@H](C)Oc1ccccc1[N+](=O)[O-]. The van der Waals surface area contributed by atoms with Gasteiger partial charge in [-0.1, -0.05) is 42.5 Å². The lowest BCUT2D eigenvalue weighted by Crippen LogP contribution is -2.41. The third-order valence-electron chi connectivity index (χ3n) is 3.83. The summed E-state index contributed by atoms with van der Waals surface area (Å²) >= 11 is 0. The van der Waals surface area contributed by atoms with Gasteiger partial charge in [0.2, 0.25) is 0 Å². The second-order valence-electron chi connectivity index (χ2n) is 5.92. The molecule has 1 amide bonds. The van der Waals surface area contributed by atoms with E-state index in [9.17, 15) is 14.9 Å². The summed E-state index contributed by atoms with van der Waals surface area (Å²) < 4.78 is 5.48. The molecule has 0 heterocycles. The van der Waals surface area contributed by atoms with Crippen LogP contribution in [0.2, 0.25) is 0 Å². The number of carbonyl (C=O) groups excluding carboxylic acids is 1. The summed E-state index contributed by atoms with van der Waals surface area (Å²) in [6, 6.07) is 16.0. The fourth-order valence-corrected chi connectivity index (χ4v) is 2.41. The number of benzene rings is 2. The molecule has 0 saturated carbocycles. The normalized spacial score (nSPS) is 12.9. The van der Waals surface area contributed by atoms with Crippen LogP contribution in [0.1, 0.15) is 25.8 Å². The van der Waals surface area contributed by atoms with Gasteiger partial charge >= 0.3 is 5.69 Å². The molecule has 0 aromatic heterocycles. The lowest BCUT2D eigenvalue weighted by Gasteiger charge is -2.18. The minimum absolute atomic E-state index is 0.0236. The van der Waals surface area contributed by atoms with Crippen molar-refractivity contribution in [2.75, 3.05) is 0 Å². The van der Waals surface area contributed by atoms with E-state index in [4.69, 9.17) is 4.74 Å². The highest BCUT2D eigenvalue weighted by Crippen LogP contribution is 2.26. The van der Waals surface area contributed by atoms with Crippen LogP contribution in [0.4, 0.5) is 5.69 Å². The number of rotatable bonds is 8. The molecule has 6 heteroatoms. The van der Waals surface area contributed by atoms with Crippen molar-refractivity contribution in [1.82, 2.24) is 5.32 Å². The molecule has 25 heavy (non-hydrogen) atoms. The lowest BCUT2D eigenvalue weighted by atomic mass is 10.1. The van der Waals surface area contributed by atoms with E-state index >= 15 is 0 Å². The molecule has 0 spiro atoms. The van der Waals surface area contributed by atoms with Crippen LogP contribution in [0.3, 0.4) is 0 Å². The molecular formula is C19H22N2O4. The molecule has 0 saturated heterocycles. The Bertz CT molecular complexity index is 718. The standard InChI is InChI=1S/C19H22N2O4/c1-14(12-13-16-8-4-3-5-9-16)20-19(22)15(2)25-18-11-7-6-10-17(18)21(23)24/h3-11,14-15H,12-13H2,1-2H3,(H,20,22)/t14-,15+/m0/s1. The molecule has 0 aliphatic heterocycles. The first-order chi connectivity index (χ1) is 12.0. The highest BCUT2D eigenvalue weighted by molar-refractivity contribution is 5.81. The number of ether oxygens (including phenoxy) is 1.